The van der Waals surface area contributed by atoms with E-state index in [2.05, 4.69) is 6.92 Å². The minimum Gasteiger partial charge on any atom is -1.00 e. The summed E-state index contributed by atoms with van der Waals surface area (Å²) in [5.41, 5.74) is 0. The molecule has 0 atom stereocenters. The third-order valence-corrected chi connectivity index (χ3v) is 11.1. The Hall–Kier alpha value is 0.350. The molecule has 0 unspecified atom stereocenters. The molecule has 4 fully saturated rings. The van der Waals surface area contributed by atoms with E-state index >= 15 is 0 Å². The van der Waals surface area contributed by atoms with Gasteiger partial charge in [0.2, 0.25) is 0 Å². The summed E-state index contributed by atoms with van der Waals surface area (Å²) < 4.78 is 9.12. The molecule has 6 heteroatoms. The van der Waals surface area contributed by atoms with Crippen LogP contribution in [0.4, 0.5) is 0 Å². The van der Waals surface area contributed by atoms with Crippen LogP contribution in [0, 0.1) is 11.8 Å². The van der Waals surface area contributed by atoms with Crippen LogP contribution in [0.3, 0.4) is 0 Å². The number of hydrogen-bond acceptors (Lipinski definition) is 2. The van der Waals surface area contributed by atoms with E-state index < -0.39 is 0 Å². The van der Waals surface area contributed by atoms with Gasteiger partial charge >= 0.3 is 5.97 Å². The molecule has 0 aromatic heterocycles. The maximum absolute atomic E-state index is 12.9. The molecule has 4 aliphatic rings. The first-order valence-electron chi connectivity index (χ1n) is 17.0. The van der Waals surface area contributed by atoms with Gasteiger partial charge in [-0.05, 0) is 56.8 Å². The number of nitrogens with zero attached hydrogens (tertiary/aromatic N) is 2. The number of quaternary nitrogens is 2. The second-order valence-corrected chi connectivity index (χ2v) is 13.9. The van der Waals surface area contributed by atoms with Crippen molar-refractivity contribution in [3.63, 3.8) is 0 Å². The number of rotatable bonds is 15. The zero-order valence-corrected chi connectivity index (χ0v) is 28.7. The van der Waals surface area contributed by atoms with Gasteiger partial charge in [-0.15, -0.1) is 0 Å². The first-order chi connectivity index (χ1) is 18.1. The largest absolute Gasteiger partial charge is 1.00 e. The zero-order valence-electron chi connectivity index (χ0n) is 25.5. The molecule has 4 aliphatic heterocycles. The normalized spacial score (nSPS) is 24.8. The van der Waals surface area contributed by atoms with E-state index in [-0.39, 0.29) is 46.0 Å². The van der Waals surface area contributed by atoms with Crippen molar-refractivity contribution < 1.29 is 52.5 Å². The quantitative estimate of drug-likeness (QED) is 0.150. The third kappa shape index (κ3) is 11.9. The Labute approximate surface area is 263 Å². The SMILES string of the molecule is CCCCCCCCCCCC(=O)OC(CC1CC[N+]2(CCCC2)CC1)CC1CC[N+]2(CCCC2)CC1.[Br-].[Br-]. The van der Waals surface area contributed by atoms with E-state index in [1.807, 2.05) is 0 Å². The molecule has 0 saturated carbocycles. The van der Waals surface area contributed by atoms with Crippen molar-refractivity contribution in [2.45, 2.75) is 141 Å². The predicted octanol–water partition coefficient (Wildman–Crippen LogP) is 1.65. The number of ether oxygens (including phenoxy) is 1. The lowest BCUT2D eigenvalue weighted by molar-refractivity contribution is -0.922. The third-order valence-electron chi connectivity index (χ3n) is 11.1. The van der Waals surface area contributed by atoms with Gasteiger partial charge in [-0.1, -0.05) is 58.3 Å². The number of unbranched alkanes of at least 4 members (excludes halogenated alkanes) is 8. The lowest BCUT2D eigenvalue weighted by Gasteiger charge is -2.42. The highest BCUT2D eigenvalue weighted by molar-refractivity contribution is 5.69. The molecule has 0 aromatic rings. The van der Waals surface area contributed by atoms with Crippen LogP contribution in [0.5, 0.6) is 0 Å². The Bertz CT molecular complexity index is 606. The highest BCUT2D eigenvalue weighted by Crippen LogP contribution is 2.35. The Morgan fingerprint density at radius 3 is 1.41 bits per heavy atom. The maximum Gasteiger partial charge on any atom is 0.306 e. The monoisotopic (exact) mass is 676 g/mol. The molecule has 0 aliphatic carbocycles. The van der Waals surface area contributed by atoms with Gasteiger partial charge in [-0.3, -0.25) is 4.79 Å². The lowest BCUT2D eigenvalue weighted by Crippen LogP contribution is -3.00. The molecule has 0 N–H and O–H groups in total. The molecule has 0 amide bonds. The predicted molar refractivity (Wildman–Crippen MR) is 154 cm³/mol. The van der Waals surface area contributed by atoms with Crippen LogP contribution in [0.1, 0.15) is 135 Å². The molecule has 0 radical (unpaired) electrons. The summed E-state index contributed by atoms with van der Waals surface area (Å²) in [5.74, 6) is 1.65. The first kappa shape index (κ1) is 35.5. The van der Waals surface area contributed by atoms with Crippen molar-refractivity contribution in [1.29, 1.82) is 0 Å². The van der Waals surface area contributed by atoms with E-state index in [0.717, 1.165) is 31.1 Å². The van der Waals surface area contributed by atoms with Crippen LogP contribution in [-0.2, 0) is 9.53 Å². The van der Waals surface area contributed by atoms with Crippen LogP contribution >= 0.6 is 0 Å². The molecule has 0 bridgehead atoms. The minimum atomic E-state index is 0. The molecular formula is C33H62Br2N2O2. The van der Waals surface area contributed by atoms with Crippen LogP contribution in [-0.4, -0.2) is 73.4 Å². The van der Waals surface area contributed by atoms with Crippen molar-refractivity contribution in [3.05, 3.63) is 0 Å². The minimum absolute atomic E-state index is 0. The van der Waals surface area contributed by atoms with Gasteiger partial charge in [0.1, 0.15) is 6.10 Å². The van der Waals surface area contributed by atoms with E-state index in [9.17, 15) is 4.79 Å². The molecule has 2 spiro atoms. The number of piperidine rings is 2. The average Bonchev–Trinajstić information content (AvgIpc) is 3.56. The summed E-state index contributed by atoms with van der Waals surface area (Å²) in [6.45, 7) is 13.5. The highest BCUT2D eigenvalue weighted by atomic mass is 79.9. The van der Waals surface area contributed by atoms with Gasteiger partial charge < -0.3 is 47.7 Å². The fraction of sp³-hybridized carbons (Fsp3) is 0.970. The smallest absolute Gasteiger partial charge is 0.306 e. The standard InChI is InChI=1S/C33H62N2O2.2BrH/c1-2-3-4-5-6-7-8-9-10-15-33(36)37-32(28-30-16-24-34(25-17-30)20-11-12-21-34)29-31-18-26-35(27-19-31)22-13-14-23-35;;/h30-32H,2-29H2,1H3;2*1H/q+2;;/p-2. The van der Waals surface area contributed by atoms with Crippen LogP contribution in [0.2, 0.25) is 0 Å². The number of hydrogen-bond donors (Lipinski definition) is 0. The maximum atomic E-state index is 12.9. The summed E-state index contributed by atoms with van der Waals surface area (Å²) in [6, 6.07) is 0. The number of carbonyl (C=O) groups is 1. The molecule has 0 aromatic carbocycles. The van der Waals surface area contributed by atoms with E-state index in [0.29, 0.717) is 6.42 Å². The van der Waals surface area contributed by atoms with Gasteiger partial charge in [-0.25, -0.2) is 0 Å². The summed E-state index contributed by atoms with van der Waals surface area (Å²) in [5, 5.41) is 0. The molecule has 39 heavy (non-hydrogen) atoms. The number of esters is 1. The van der Waals surface area contributed by atoms with E-state index in [1.54, 1.807) is 0 Å². The van der Waals surface area contributed by atoms with Gasteiger partial charge in [0, 0.05) is 32.1 Å². The average molecular weight is 679 g/mol. The fourth-order valence-corrected chi connectivity index (χ4v) is 8.48. The van der Waals surface area contributed by atoms with Gasteiger partial charge in [0.15, 0.2) is 0 Å². The van der Waals surface area contributed by atoms with Gasteiger partial charge in [0.25, 0.3) is 0 Å². The van der Waals surface area contributed by atoms with Crippen molar-refractivity contribution in [1.82, 2.24) is 0 Å². The number of carbonyl (C=O) groups excluding carboxylic acids is 1. The zero-order chi connectivity index (χ0) is 25.8. The molecule has 4 nitrogen and oxygen atoms in total. The summed E-state index contributed by atoms with van der Waals surface area (Å²) in [6.07, 6.45) is 26.0. The molecule has 4 rings (SSSR count). The van der Waals surface area contributed by atoms with Crippen LogP contribution in [0.15, 0.2) is 0 Å². The highest BCUT2D eigenvalue weighted by Gasteiger charge is 2.39. The van der Waals surface area contributed by atoms with Gasteiger partial charge in [-0.2, -0.15) is 0 Å². The van der Waals surface area contributed by atoms with E-state index in [4.69, 9.17) is 4.74 Å². The first-order valence-corrected chi connectivity index (χ1v) is 17.0. The molecule has 230 valence electrons. The van der Waals surface area contributed by atoms with Crippen molar-refractivity contribution in [2.75, 3.05) is 52.4 Å². The Kier molecular flexibility index (Phi) is 17.1. The summed E-state index contributed by atoms with van der Waals surface area (Å²) in [7, 11) is 0. The van der Waals surface area contributed by atoms with Gasteiger partial charge in [0.05, 0.1) is 52.4 Å². The Morgan fingerprint density at radius 1 is 0.615 bits per heavy atom. The molecular weight excluding hydrogens is 616 g/mol. The van der Waals surface area contributed by atoms with Crippen LogP contribution in [0.25, 0.3) is 0 Å². The topological polar surface area (TPSA) is 26.3 Å². The van der Waals surface area contributed by atoms with Crippen molar-refractivity contribution >= 4 is 5.97 Å². The fourth-order valence-electron chi connectivity index (χ4n) is 8.48. The lowest BCUT2D eigenvalue weighted by atomic mass is 9.84. The van der Waals surface area contributed by atoms with Crippen molar-refractivity contribution in [2.24, 2.45) is 11.8 Å². The summed E-state index contributed by atoms with van der Waals surface area (Å²) >= 11 is 0. The van der Waals surface area contributed by atoms with E-state index in [1.165, 1.54) is 164 Å². The number of halogens is 2. The Balaban J connectivity index is 0.00000267. The Morgan fingerprint density at radius 2 is 1.00 bits per heavy atom. The van der Waals surface area contributed by atoms with Crippen LogP contribution < -0.4 is 34.0 Å². The van der Waals surface area contributed by atoms with Crippen molar-refractivity contribution in [3.8, 4) is 0 Å². The second kappa shape index (κ2) is 18.8. The molecule has 4 saturated heterocycles. The summed E-state index contributed by atoms with van der Waals surface area (Å²) in [4.78, 5) is 12.9. The second-order valence-electron chi connectivity index (χ2n) is 13.9. The molecule has 4 heterocycles.